The van der Waals surface area contributed by atoms with Crippen LogP contribution >= 0.6 is 0 Å². The third kappa shape index (κ3) is 5.13. The van der Waals surface area contributed by atoms with Gasteiger partial charge in [-0.15, -0.1) is 0 Å². The molecule has 0 aliphatic carbocycles. The van der Waals surface area contributed by atoms with Crippen LogP contribution in [0.1, 0.15) is 20.3 Å². The van der Waals surface area contributed by atoms with Crippen molar-refractivity contribution in [3.63, 3.8) is 0 Å². The average molecular weight is 299 g/mol. The maximum absolute atomic E-state index is 11.4. The predicted octanol–water partition coefficient (Wildman–Crippen LogP) is 4.23. The molecule has 0 amide bonds. The first-order valence-corrected chi connectivity index (χ1v) is 7.42. The van der Waals surface area contributed by atoms with Crippen molar-refractivity contribution >= 4 is 11.7 Å². The van der Waals surface area contributed by atoms with Gasteiger partial charge in [0, 0.05) is 11.7 Å². The fourth-order valence-corrected chi connectivity index (χ4v) is 2.05. The number of rotatable bonds is 7. The highest BCUT2D eigenvalue weighted by atomic mass is 16.5. The van der Waals surface area contributed by atoms with Crippen LogP contribution < -0.4 is 10.1 Å². The number of esters is 1. The number of hydrogen-bond donors (Lipinski definition) is 1. The Morgan fingerprint density at radius 1 is 1.05 bits per heavy atom. The van der Waals surface area contributed by atoms with E-state index < -0.39 is 0 Å². The van der Waals surface area contributed by atoms with Crippen molar-refractivity contribution in [3.05, 3.63) is 54.6 Å². The van der Waals surface area contributed by atoms with Gasteiger partial charge >= 0.3 is 5.97 Å². The Hall–Kier alpha value is -2.49. The van der Waals surface area contributed by atoms with E-state index in [1.807, 2.05) is 61.5 Å². The molecule has 0 saturated carbocycles. The summed E-state index contributed by atoms with van der Waals surface area (Å²) in [6.07, 6.45) is 0.343. The Kier molecular flexibility index (Phi) is 5.83. The molecule has 1 N–H and O–H groups in total. The van der Waals surface area contributed by atoms with E-state index in [0.717, 1.165) is 17.2 Å². The highest BCUT2D eigenvalue weighted by Gasteiger charge is 2.09. The molecule has 0 bridgehead atoms. The molecule has 4 heteroatoms. The summed E-state index contributed by atoms with van der Waals surface area (Å²) in [6.45, 7) is 4.17. The highest BCUT2D eigenvalue weighted by Crippen LogP contribution is 2.23. The van der Waals surface area contributed by atoms with Gasteiger partial charge in [-0.1, -0.05) is 18.2 Å². The summed E-state index contributed by atoms with van der Waals surface area (Å²) in [5, 5.41) is 3.27. The molecule has 4 nitrogen and oxygen atoms in total. The summed E-state index contributed by atoms with van der Waals surface area (Å²) < 4.78 is 10.7. The van der Waals surface area contributed by atoms with Crippen LogP contribution in [-0.4, -0.2) is 18.6 Å². The van der Waals surface area contributed by atoms with Crippen LogP contribution in [-0.2, 0) is 9.53 Å². The summed E-state index contributed by atoms with van der Waals surface area (Å²) in [6, 6.07) is 17.3. The third-order valence-corrected chi connectivity index (χ3v) is 3.02. The lowest BCUT2D eigenvalue weighted by Crippen LogP contribution is -2.20. The first-order chi connectivity index (χ1) is 10.7. The molecule has 1 atom stereocenters. The second-order valence-electron chi connectivity index (χ2n) is 4.99. The monoisotopic (exact) mass is 299 g/mol. The maximum Gasteiger partial charge on any atom is 0.307 e. The van der Waals surface area contributed by atoms with E-state index in [1.54, 1.807) is 6.92 Å². The summed E-state index contributed by atoms with van der Waals surface area (Å²) >= 11 is 0. The molecular weight excluding hydrogens is 278 g/mol. The molecule has 2 rings (SSSR count). The normalized spacial score (nSPS) is 11.5. The van der Waals surface area contributed by atoms with Gasteiger partial charge in [-0.3, -0.25) is 4.79 Å². The number of benzene rings is 2. The molecule has 0 aliphatic heterocycles. The second kappa shape index (κ2) is 8.08. The largest absolute Gasteiger partial charge is 0.466 e. The fraction of sp³-hybridized carbons (Fsp3) is 0.278. The minimum Gasteiger partial charge on any atom is -0.466 e. The zero-order valence-corrected chi connectivity index (χ0v) is 12.9. The maximum atomic E-state index is 11.4. The molecule has 0 radical (unpaired) electrons. The molecular formula is C18H21NO3. The average Bonchev–Trinajstić information content (AvgIpc) is 2.50. The molecule has 0 fully saturated rings. The van der Waals surface area contributed by atoms with Gasteiger partial charge in [0.1, 0.15) is 11.5 Å². The van der Waals surface area contributed by atoms with Crippen LogP contribution in [0.25, 0.3) is 0 Å². The molecule has 22 heavy (non-hydrogen) atoms. The van der Waals surface area contributed by atoms with Crippen molar-refractivity contribution in [2.24, 2.45) is 0 Å². The zero-order chi connectivity index (χ0) is 15.8. The van der Waals surface area contributed by atoms with Crippen LogP contribution in [0.5, 0.6) is 11.5 Å². The van der Waals surface area contributed by atoms with Crippen LogP contribution in [0, 0.1) is 0 Å². The van der Waals surface area contributed by atoms with Crippen molar-refractivity contribution in [1.82, 2.24) is 0 Å². The Morgan fingerprint density at radius 3 is 2.32 bits per heavy atom. The van der Waals surface area contributed by atoms with Gasteiger partial charge in [0.15, 0.2) is 0 Å². The second-order valence-corrected chi connectivity index (χ2v) is 4.99. The zero-order valence-electron chi connectivity index (χ0n) is 12.9. The lowest BCUT2D eigenvalue weighted by atomic mass is 10.2. The number of hydrogen-bond acceptors (Lipinski definition) is 4. The van der Waals surface area contributed by atoms with Crippen molar-refractivity contribution in [1.29, 1.82) is 0 Å². The lowest BCUT2D eigenvalue weighted by Gasteiger charge is -2.15. The number of nitrogens with one attached hydrogen (secondary N) is 1. The van der Waals surface area contributed by atoms with Crippen LogP contribution in [0.2, 0.25) is 0 Å². The SMILES string of the molecule is CCOC(=O)CC(C)Nc1ccc(Oc2ccccc2)cc1. The quantitative estimate of drug-likeness (QED) is 0.777. The first kappa shape index (κ1) is 15.9. The van der Waals surface area contributed by atoms with Crippen LogP contribution in [0.3, 0.4) is 0 Å². The van der Waals surface area contributed by atoms with Gasteiger partial charge in [-0.2, -0.15) is 0 Å². The molecule has 0 saturated heterocycles. The summed E-state index contributed by atoms with van der Waals surface area (Å²) in [5.74, 6) is 1.39. The van der Waals surface area contributed by atoms with Gasteiger partial charge in [-0.25, -0.2) is 0 Å². The highest BCUT2D eigenvalue weighted by molar-refractivity contribution is 5.70. The van der Waals surface area contributed by atoms with Gasteiger partial charge in [0.25, 0.3) is 0 Å². The van der Waals surface area contributed by atoms with Gasteiger partial charge in [0.05, 0.1) is 13.0 Å². The van der Waals surface area contributed by atoms with Crippen LogP contribution in [0.15, 0.2) is 54.6 Å². The summed E-state index contributed by atoms with van der Waals surface area (Å²) in [7, 11) is 0. The first-order valence-electron chi connectivity index (χ1n) is 7.42. The molecule has 0 aromatic heterocycles. The van der Waals surface area contributed by atoms with E-state index >= 15 is 0 Å². The molecule has 2 aromatic rings. The van der Waals surface area contributed by atoms with E-state index in [1.165, 1.54) is 0 Å². The lowest BCUT2D eigenvalue weighted by molar-refractivity contribution is -0.143. The Labute approximate surface area is 131 Å². The van der Waals surface area contributed by atoms with E-state index in [4.69, 9.17) is 9.47 Å². The number of para-hydroxylation sites is 1. The molecule has 2 aromatic carbocycles. The van der Waals surface area contributed by atoms with Gasteiger partial charge in [-0.05, 0) is 50.2 Å². The standard InChI is InChI=1S/C18H21NO3/c1-3-21-18(20)13-14(2)19-15-9-11-17(12-10-15)22-16-7-5-4-6-8-16/h4-12,14,19H,3,13H2,1-2H3. The number of carbonyl (C=O) groups is 1. The third-order valence-electron chi connectivity index (χ3n) is 3.02. The Balaban J connectivity index is 1.87. The van der Waals surface area contributed by atoms with Crippen molar-refractivity contribution in [2.75, 3.05) is 11.9 Å². The molecule has 1 unspecified atom stereocenters. The predicted molar refractivity (Wildman–Crippen MR) is 87.3 cm³/mol. The molecule has 116 valence electrons. The molecule has 0 spiro atoms. The number of ether oxygens (including phenoxy) is 2. The Bertz CT molecular complexity index is 581. The van der Waals surface area contributed by atoms with E-state index in [9.17, 15) is 4.79 Å². The van der Waals surface area contributed by atoms with Crippen molar-refractivity contribution < 1.29 is 14.3 Å². The van der Waals surface area contributed by atoms with Crippen LogP contribution in [0.4, 0.5) is 5.69 Å². The minimum atomic E-state index is -0.188. The topological polar surface area (TPSA) is 47.6 Å². The summed E-state index contributed by atoms with van der Waals surface area (Å²) in [5.41, 5.74) is 0.942. The number of carbonyl (C=O) groups excluding carboxylic acids is 1. The number of anilines is 1. The van der Waals surface area contributed by atoms with Crippen molar-refractivity contribution in [3.8, 4) is 11.5 Å². The van der Waals surface area contributed by atoms with Gasteiger partial charge < -0.3 is 14.8 Å². The summed E-state index contributed by atoms with van der Waals surface area (Å²) in [4.78, 5) is 11.4. The van der Waals surface area contributed by atoms with Gasteiger partial charge in [0.2, 0.25) is 0 Å². The van der Waals surface area contributed by atoms with E-state index in [2.05, 4.69) is 5.32 Å². The molecule has 0 heterocycles. The van der Waals surface area contributed by atoms with Crippen molar-refractivity contribution in [2.45, 2.75) is 26.3 Å². The van der Waals surface area contributed by atoms with E-state index in [0.29, 0.717) is 13.0 Å². The smallest absolute Gasteiger partial charge is 0.307 e. The van der Waals surface area contributed by atoms with E-state index in [-0.39, 0.29) is 12.0 Å². The fourth-order valence-electron chi connectivity index (χ4n) is 2.05. The molecule has 0 aliphatic rings. The minimum absolute atomic E-state index is 0.0138. The Morgan fingerprint density at radius 2 is 1.68 bits per heavy atom.